The van der Waals surface area contributed by atoms with Gasteiger partial charge in [-0.05, 0) is 36.4 Å². The van der Waals surface area contributed by atoms with Crippen LogP contribution in [0.1, 0.15) is 15.9 Å². The summed E-state index contributed by atoms with van der Waals surface area (Å²) in [6, 6.07) is 11.3. The quantitative estimate of drug-likeness (QED) is 0.672. The van der Waals surface area contributed by atoms with Gasteiger partial charge in [-0.15, -0.1) is 0 Å². The molecule has 1 amide bonds. The monoisotopic (exact) mass is 382 g/mol. The third kappa shape index (κ3) is 3.63. The summed E-state index contributed by atoms with van der Waals surface area (Å²) in [6.45, 7) is 4.05. The van der Waals surface area contributed by atoms with Crippen molar-refractivity contribution in [3.63, 3.8) is 0 Å². The van der Waals surface area contributed by atoms with Crippen LogP contribution in [-0.2, 0) is 6.54 Å². The molecule has 0 aliphatic carbocycles. The van der Waals surface area contributed by atoms with Crippen molar-refractivity contribution in [2.45, 2.75) is 6.54 Å². The summed E-state index contributed by atoms with van der Waals surface area (Å²) in [4.78, 5) is 16.2. The van der Waals surface area contributed by atoms with Crippen LogP contribution in [0, 0.1) is 0 Å². The molecular formula is C20H24N5O3+. The highest BCUT2D eigenvalue weighted by Gasteiger charge is 2.25. The highest BCUT2D eigenvalue weighted by atomic mass is 16.5. The number of amides is 1. The number of piperazine rings is 1. The van der Waals surface area contributed by atoms with Crippen LogP contribution in [0.25, 0.3) is 11.0 Å². The van der Waals surface area contributed by atoms with Crippen molar-refractivity contribution in [2.24, 2.45) is 0 Å². The van der Waals surface area contributed by atoms with Crippen molar-refractivity contribution in [3.8, 4) is 11.5 Å². The molecule has 0 spiro atoms. The molecule has 0 unspecified atom stereocenters. The van der Waals surface area contributed by atoms with Crippen molar-refractivity contribution in [1.82, 2.24) is 20.3 Å². The Morgan fingerprint density at radius 2 is 1.86 bits per heavy atom. The molecule has 4 rings (SSSR count). The molecule has 146 valence electrons. The number of aromatic amines is 1. The van der Waals surface area contributed by atoms with E-state index in [0.717, 1.165) is 55.3 Å². The summed E-state index contributed by atoms with van der Waals surface area (Å²) in [7, 11) is 3.35. The molecule has 1 fully saturated rings. The van der Waals surface area contributed by atoms with E-state index >= 15 is 0 Å². The molecule has 8 nitrogen and oxygen atoms in total. The molecule has 8 heteroatoms. The first kappa shape index (κ1) is 18.2. The minimum absolute atomic E-state index is 0.0444. The maximum Gasteiger partial charge on any atom is 0.254 e. The van der Waals surface area contributed by atoms with Crippen LogP contribution in [0.5, 0.6) is 11.5 Å². The van der Waals surface area contributed by atoms with Crippen LogP contribution in [0.4, 0.5) is 0 Å². The van der Waals surface area contributed by atoms with Gasteiger partial charge in [-0.2, -0.15) is 15.4 Å². The van der Waals surface area contributed by atoms with Gasteiger partial charge in [0, 0.05) is 5.56 Å². The minimum atomic E-state index is 0.0444. The molecule has 0 radical (unpaired) electrons. The molecule has 3 aromatic rings. The number of quaternary nitrogens is 1. The second kappa shape index (κ2) is 7.85. The van der Waals surface area contributed by atoms with Gasteiger partial charge in [-0.1, -0.05) is 0 Å². The highest BCUT2D eigenvalue weighted by molar-refractivity contribution is 5.97. The largest absolute Gasteiger partial charge is 0.497 e. The molecule has 0 atom stereocenters. The van der Waals surface area contributed by atoms with Crippen molar-refractivity contribution >= 4 is 16.9 Å². The number of rotatable bonds is 5. The zero-order valence-corrected chi connectivity index (χ0v) is 16.1. The van der Waals surface area contributed by atoms with Crippen molar-refractivity contribution in [2.75, 3.05) is 40.4 Å². The SMILES string of the molecule is COc1ccc(OC)c(C[NH+]2CCN(C(=O)c3ccc4n[nH]nc4c3)CC2)c1. The van der Waals surface area contributed by atoms with Crippen LogP contribution in [0.3, 0.4) is 0 Å². The van der Waals surface area contributed by atoms with Gasteiger partial charge in [-0.3, -0.25) is 4.79 Å². The number of carbonyl (C=O) groups is 1. The van der Waals surface area contributed by atoms with Gasteiger partial charge in [0.05, 0.1) is 46.0 Å². The number of ether oxygens (including phenoxy) is 2. The standard InChI is InChI=1S/C20H23N5O3/c1-27-16-4-6-19(28-2)15(11-16)13-24-7-9-25(10-8-24)20(26)14-3-5-17-18(12-14)22-23-21-17/h3-6,11-12H,7-10,13H2,1-2H3,(H,21,22,23)/p+1. The molecule has 0 saturated carbocycles. The van der Waals surface area contributed by atoms with Crippen molar-refractivity contribution in [3.05, 3.63) is 47.5 Å². The van der Waals surface area contributed by atoms with E-state index in [1.165, 1.54) is 4.90 Å². The van der Waals surface area contributed by atoms with Gasteiger partial charge in [0.1, 0.15) is 29.1 Å². The van der Waals surface area contributed by atoms with E-state index in [0.29, 0.717) is 11.1 Å². The Morgan fingerprint density at radius 3 is 2.61 bits per heavy atom. The number of hydrogen-bond acceptors (Lipinski definition) is 5. The Morgan fingerprint density at radius 1 is 1.07 bits per heavy atom. The zero-order valence-electron chi connectivity index (χ0n) is 16.1. The van der Waals surface area contributed by atoms with E-state index in [1.807, 2.05) is 35.2 Å². The summed E-state index contributed by atoms with van der Waals surface area (Å²) in [5, 5.41) is 10.7. The average molecular weight is 382 g/mol. The third-order valence-corrected chi connectivity index (χ3v) is 5.25. The van der Waals surface area contributed by atoms with Crippen molar-refractivity contribution < 1.29 is 19.2 Å². The normalized spacial score (nSPS) is 15.0. The lowest BCUT2D eigenvalue weighted by atomic mass is 10.1. The first-order valence-corrected chi connectivity index (χ1v) is 9.32. The lowest BCUT2D eigenvalue weighted by molar-refractivity contribution is -0.917. The third-order valence-electron chi connectivity index (χ3n) is 5.25. The fraction of sp³-hybridized carbons (Fsp3) is 0.350. The average Bonchev–Trinajstić information content (AvgIpc) is 3.21. The molecule has 1 aromatic heterocycles. The molecule has 1 aliphatic rings. The van der Waals surface area contributed by atoms with Gasteiger partial charge in [0.15, 0.2) is 0 Å². The minimum Gasteiger partial charge on any atom is -0.497 e. The van der Waals surface area contributed by atoms with Crippen LogP contribution in [-0.4, -0.2) is 66.6 Å². The summed E-state index contributed by atoms with van der Waals surface area (Å²) < 4.78 is 10.8. The maximum absolute atomic E-state index is 12.8. The number of aromatic nitrogens is 3. The lowest BCUT2D eigenvalue weighted by Crippen LogP contribution is -3.13. The first-order valence-electron chi connectivity index (χ1n) is 9.32. The Bertz CT molecular complexity index is 979. The number of H-pyrrole nitrogens is 1. The number of carbonyl (C=O) groups excluding carboxylic acids is 1. The topological polar surface area (TPSA) is 84.8 Å². The molecule has 2 N–H and O–H groups in total. The van der Waals surface area contributed by atoms with Gasteiger partial charge in [0.25, 0.3) is 5.91 Å². The number of fused-ring (bicyclic) bond motifs is 1. The maximum atomic E-state index is 12.8. The van der Waals surface area contributed by atoms with Gasteiger partial charge >= 0.3 is 0 Å². The summed E-state index contributed by atoms with van der Waals surface area (Å²) in [6.07, 6.45) is 0. The van der Waals surface area contributed by atoms with E-state index < -0.39 is 0 Å². The summed E-state index contributed by atoms with van der Waals surface area (Å²) >= 11 is 0. The number of methoxy groups -OCH3 is 2. The van der Waals surface area contributed by atoms with Crippen LogP contribution < -0.4 is 14.4 Å². The second-order valence-electron chi connectivity index (χ2n) is 6.92. The molecule has 2 aromatic carbocycles. The zero-order chi connectivity index (χ0) is 19.5. The fourth-order valence-electron chi connectivity index (χ4n) is 3.65. The number of nitrogens with zero attached hydrogens (tertiary/aromatic N) is 3. The van der Waals surface area contributed by atoms with E-state index in [9.17, 15) is 4.79 Å². The Kier molecular flexibility index (Phi) is 5.12. The fourth-order valence-corrected chi connectivity index (χ4v) is 3.65. The van der Waals surface area contributed by atoms with Gasteiger partial charge in [-0.25, -0.2) is 0 Å². The van der Waals surface area contributed by atoms with E-state index in [-0.39, 0.29) is 5.91 Å². The van der Waals surface area contributed by atoms with Crippen molar-refractivity contribution in [1.29, 1.82) is 0 Å². The highest BCUT2D eigenvalue weighted by Crippen LogP contribution is 2.23. The molecule has 0 bridgehead atoms. The molecule has 1 aliphatic heterocycles. The molecule has 2 heterocycles. The van der Waals surface area contributed by atoms with E-state index in [2.05, 4.69) is 15.4 Å². The Hall–Kier alpha value is -3.13. The Balaban J connectivity index is 1.40. The molecule has 1 saturated heterocycles. The smallest absolute Gasteiger partial charge is 0.254 e. The van der Waals surface area contributed by atoms with E-state index in [1.54, 1.807) is 20.3 Å². The molecular weight excluding hydrogens is 358 g/mol. The first-order chi connectivity index (χ1) is 13.7. The predicted molar refractivity (Wildman–Crippen MR) is 104 cm³/mol. The number of hydrogen-bond donors (Lipinski definition) is 2. The van der Waals surface area contributed by atoms with Crippen LogP contribution >= 0.6 is 0 Å². The summed E-state index contributed by atoms with van der Waals surface area (Å²) in [5.74, 6) is 1.74. The van der Waals surface area contributed by atoms with Gasteiger partial charge < -0.3 is 19.3 Å². The van der Waals surface area contributed by atoms with Gasteiger partial charge in [0.2, 0.25) is 0 Å². The predicted octanol–water partition coefficient (Wildman–Crippen LogP) is 0.516. The van der Waals surface area contributed by atoms with Crippen LogP contribution in [0.15, 0.2) is 36.4 Å². The molecule has 28 heavy (non-hydrogen) atoms. The number of nitrogens with one attached hydrogen (secondary N) is 2. The van der Waals surface area contributed by atoms with E-state index in [4.69, 9.17) is 9.47 Å². The Labute approximate surface area is 163 Å². The summed E-state index contributed by atoms with van der Waals surface area (Å²) in [5.41, 5.74) is 3.24. The second-order valence-corrected chi connectivity index (χ2v) is 6.92. The number of benzene rings is 2. The van der Waals surface area contributed by atoms with Crippen LogP contribution in [0.2, 0.25) is 0 Å². The lowest BCUT2D eigenvalue weighted by Gasteiger charge is -2.32.